The molecule has 0 aliphatic carbocycles. The van der Waals surface area contributed by atoms with Gasteiger partial charge >= 0.3 is 5.97 Å². The maximum Gasteiger partial charge on any atom is 0.358 e. The van der Waals surface area contributed by atoms with Gasteiger partial charge in [-0.25, -0.2) is 14.8 Å². The van der Waals surface area contributed by atoms with E-state index in [4.69, 9.17) is 9.84 Å². The van der Waals surface area contributed by atoms with Gasteiger partial charge < -0.3 is 9.84 Å². The molecule has 1 rings (SSSR count). The highest BCUT2D eigenvalue weighted by Gasteiger charge is 2.18. The number of aromatic nitrogens is 2. The summed E-state index contributed by atoms with van der Waals surface area (Å²) in [6, 6.07) is 0. The number of carboxylic acids is 1. The quantitative estimate of drug-likeness (QED) is 0.842. The Hall–Kier alpha value is -1.65. The van der Waals surface area contributed by atoms with Crippen LogP contribution in [-0.2, 0) is 0 Å². The molecule has 1 N–H and O–H groups in total. The number of carboxylic acid groups (broad SMARTS) is 1. The Morgan fingerprint density at radius 2 is 2.11 bits per heavy atom. The first kappa shape index (κ1) is 14.4. The van der Waals surface area contributed by atoms with E-state index in [1.54, 1.807) is 0 Å². The lowest BCUT2D eigenvalue weighted by molar-refractivity contribution is 0.0681. The standard InChI is InChI=1S/C13H20N2O3/c1-5-6-9(4)18-10-7-14-12(8(2)3)15-11(10)13(16)17/h7-9H,5-6H2,1-4H3,(H,16,17). The Bertz CT molecular complexity index is 419. The van der Waals surface area contributed by atoms with Gasteiger partial charge in [0.25, 0.3) is 0 Å². The van der Waals surface area contributed by atoms with Crippen molar-refractivity contribution in [3.05, 3.63) is 17.7 Å². The molecule has 1 aromatic rings. The predicted molar refractivity (Wildman–Crippen MR) is 68.1 cm³/mol. The molecule has 0 spiro atoms. The molecule has 1 aromatic heterocycles. The maximum absolute atomic E-state index is 11.2. The van der Waals surface area contributed by atoms with Gasteiger partial charge in [-0.3, -0.25) is 0 Å². The van der Waals surface area contributed by atoms with Gasteiger partial charge in [0, 0.05) is 5.92 Å². The smallest absolute Gasteiger partial charge is 0.358 e. The highest BCUT2D eigenvalue weighted by Crippen LogP contribution is 2.20. The summed E-state index contributed by atoms with van der Waals surface area (Å²) in [5.41, 5.74) is -0.0587. The third-order valence-electron chi connectivity index (χ3n) is 2.52. The minimum absolute atomic E-state index is 0.0402. The first-order valence-corrected chi connectivity index (χ1v) is 6.22. The summed E-state index contributed by atoms with van der Waals surface area (Å²) in [7, 11) is 0. The topological polar surface area (TPSA) is 72.3 Å². The second-order valence-corrected chi connectivity index (χ2v) is 4.62. The lowest BCUT2D eigenvalue weighted by Crippen LogP contribution is -2.16. The fourth-order valence-corrected chi connectivity index (χ4v) is 1.58. The minimum Gasteiger partial charge on any atom is -0.487 e. The van der Waals surface area contributed by atoms with E-state index in [1.807, 2.05) is 20.8 Å². The van der Waals surface area contributed by atoms with E-state index in [-0.39, 0.29) is 23.5 Å². The fraction of sp³-hybridized carbons (Fsp3) is 0.615. The number of rotatable bonds is 6. The Morgan fingerprint density at radius 3 is 2.61 bits per heavy atom. The van der Waals surface area contributed by atoms with Crippen molar-refractivity contribution in [2.45, 2.75) is 52.6 Å². The zero-order valence-electron chi connectivity index (χ0n) is 11.3. The van der Waals surface area contributed by atoms with Crippen LogP contribution < -0.4 is 4.74 Å². The Morgan fingerprint density at radius 1 is 1.44 bits per heavy atom. The van der Waals surface area contributed by atoms with Crippen molar-refractivity contribution < 1.29 is 14.6 Å². The van der Waals surface area contributed by atoms with E-state index in [1.165, 1.54) is 6.20 Å². The number of aromatic carboxylic acids is 1. The largest absolute Gasteiger partial charge is 0.487 e. The monoisotopic (exact) mass is 252 g/mol. The number of nitrogens with zero attached hydrogens (tertiary/aromatic N) is 2. The van der Waals surface area contributed by atoms with E-state index in [0.29, 0.717) is 5.82 Å². The van der Waals surface area contributed by atoms with Crippen molar-refractivity contribution in [3.8, 4) is 5.75 Å². The molecule has 0 bridgehead atoms. The third-order valence-corrected chi connectivity index (χ3v) is 2.52. The first-order chi connectivity index (χ1) is 8.45. The molecule has 0 saturated heterocycles. The fourth-order valence-electron chi connectivity index (χ4n) is 1.58. The molecule has 18 heavy (non-hydrogen) atoms. The van der Waals surface area contributed by atoms with Crippen LogP contribution in [0, 0.1) is 0 Å². The summed E-state index contributed by atoms with van der Waals surface area (Å²) in [6.07, 6.45) is 3.26. The zero-order chi connectivity index (χ0) is 13.7. The van der Waals surface area contributed by atoms with Crippen LogP contribution in [0.4, 0.5) is 0 Å². The lowest BCUT2D eigenvalue weighted by atomic mass is 10.2. The second kappa shape index (κ2) is 6.33. The number of carbonyl (C=O) groups is 1. The summed E-state index contributed by atoms with van der Waals surface area (Å²) < 4.78 is 5.58. The molecule has 5 nitrogen and oxygen atoms in total. The Balaban J connectivity index is 3.00. The van der Waals surface area contributed by atoms with Crippen LogP contribution in [-0.4, -0.2) is 27.1 Å². The zero-order valence-corrected chi connectivity index (χ0v) is 11.3. The second-order valence-electron chi connectivity index (χ2n) is 4.62. The van der Waals surface area contributed by atoms with Gasteiger partial charge in [-0.2, -0.15) is 0 Å². The van der Waals surface area contributed by atoms with Crippen molar-refractivity contribution in [2.75, 3.05) is 0 Å². The van der Waals surface area contributed by atoms with E-state index < -0.39 is 5.97 Å². The molecule has 0 saturated carbocycles. The molecule has 0 amide bonds. The summed E-state index contributed by atoms with van der Waals surface area (Å²) in [4.78, 5) is 19.3. The molecular formula is C13H20N2O3. The van der Waals surface area contributed by atoms with Crippen LogP contribution >= 0.6 is 0 Å². The predicted octanol–water partition coefficient (Wildman–Crippen LogP) is 2.87. The van der Waals surface area contributed by atoms with Crippen LogP contribution in [0.25, 0.3) is 0 Å². The Labute approximate surface area is 107 Å². The third kappa shape index (κ3) is 3.68. The molecule has 1 heterocycles. The van der Waals surface area contributed by atoms with Crippen molar-refractivity contribution in [1.29, 1.82) is 0 Å². The van der Waals surface area contributed by atoms with Gasteiger partial charge in [-0.1, -0.05) is 27.2 Å². The molecule has 0 aliphatic heterocycles. The van der Waals surface area contributed by atoms with Crippen LogP contribution in [0.5, 0.6) is 5.75 Å². The van der Waals surface area contributed by atoms with Gasteiger partial charge in [0.2, 0.25) is 0 Å². The van der Waals surface area contributed by atoms with E-state index >= 15 is 0 Å². The van der Waals surface area contributed by atoms with Crippen LogP contribution in [0.1, 0.15) is 62.8 Å². The molecule has 1 atom stereocenters. The number of ether oxygens (including phenoxy) is 1. The summed E-state index contributed by atoms with van der Waals surface area (Å²) in [5, 5.41) is 9.14. The number of hydrogen-bond donors (Lipinski definition) is 1. The summed E-state index contributed by atoms with van der Waals surface area (Å²) in [5.74, 6) is -0.237. The van der Waals surface area contributed by atoms with Crippen molar-refractivity contribution in [2.24, 2.45) is 0 Å². The first-order valence-electron chi connectivity index (χ1n) is 6.22. The van der Waals surface area contributed by atoms with E-state index in [0.717, 1.165) is 12.8 Å². The van der Waals surface area contributed by atoms with Crippen molar-refractivity contribution in [1.82, 2.24) is 9.97 Å². The van der Waals surface area contributed by atoms with Crippen molar-refractivity contribution >= 4 is 5.97 Å². The summed E-state index contributed by atoms with van der Waals surface area (Å²) >= 11 is 0. The normalized spacial score (nSPS) is 12.5. The maximum atomic E-state index is 11.2. The molecule has 1 unspecified atom stereocenters. The average Bonchev–Trinajstić information content (AvgIpc) is 2.29. The van der Waals surface area contributed by atoms with E-state index in [2.05, 4.69) is 16.9 Å². The van der Waals surface area contributed by atoms with Crippen molar-refractivity contribution in [3.63, 3.8) is 0 Å². The van der Waals surface area contributed by atoms with Gasteiger partial charge in [0.1, 0.15) is 5.82 Å². The molecule has 5 heteroatoms. The van der Waals surface area contributed by atoms with Crippen LogP contribution in [0.3, 0.4) is 0 Å². The molecule has 100 valence electrons. The van der Waals surface area contributed by atoms with Gasteiger partial charge in [-0.15, -0.1) is 0 Å². The van der Waals surface area contributed by atoms with Crippen LogP contribution in [0.2, 0.25) is 0 Å². The number of hydrogen-bond acceptors (Lipinski definition) is 4. The van der Waals surface area contributed by atoms with Gasteiger partial charge in [0.15, 0.2) is 11.4 Å². The highest BCUT2D eigenvalue weighted by molar-refractivity contribution is 5.88. The van der Waals surface area contributed by atoms with Gasteiger partial charge in [-0.05, 0) is 13.3 Å². The molecule has 0 aromatic carbocycles. The minimum atomic E-state index is -1.09. The average molecular weight is 252 g/mol. The van der Waals surface area contributed by atoms with E-state index in [9.17, 15) is 4.79 Å². The molecule has 0 radical (unpaired) electrons. The molecule has 0 aliphatic rings. The lowest BCUT2D eigenvalue weighted by Gasteiger charge is -2.15. The molecule has 0 fully saturated rings. The molecular weight excluding hydrogens is 232 g/mol. The van der Waals surface area contributed by atoms with Gasteiger partial charge in [0.05, 0.1) is 12.3 Å². The highest BCUT2D eigenvalue weighted by atomic mass is 16.5. The SMILES string of the molecule is CCCC(C)Oc1cnc(C(C)C)nc1C(=O)O. The Kier molecular flexibility index (Phi) is 5.07. The summed E-state index contributed by atoms with van der Waals surface area (Å²) in [6.45, 7) is 7.80. The van der Waals surface area contributed by atoms with Crippen LogP contribution in [0.15, 0.2) is 6.20 Å².